The first-order valence-electron chi connectivity index (χ1n) is 6.18. The lowest BCUT2D eigenvalue weighted by atomic mass is 10.1. The van der Waals surface area contributed by atoms with E-state index in [1.54, 1.807) is 0 Å². The summed E-state index contributed by atoms with van der Waals surface area (Å²) >= 11 is 7.21. The predicted octanol–water partition coefficient (Wildman–Crippen LogP) is 5.14. The maximum atomic E-state index is 4.71. The number of aromatic nitrogens is 1. The van der Waals surface area contributed by atoms with Gasteiger partial charge in [0.2, 0.25) is 0 Å². The highest BCUT2D eigenvalue weighted by Gasteiger charge is 2.10. The molecule has 0 aliphatic heterocycles. The van der Waals surface area contributed by atoms with E-state index in [9.17, 15) is 0 Å². The van der Waals surface area contributed by atoms with Crippen LogP contribution in [0.3, 0.4) is 0 Å². The van der Waals surface area contributed by atoms with Crippen molar-refractivity contribution in [2.45, 2.75) is 26.7 Å². The minimum absolute atomic E-state index is 0.940. The quantitative estimate of drug-likeness (QED) is 0.804. The van der Waals surface area contributed by atoms with Gasteiger partial charge in [0.15, 0.2) is 0 Å². The lowest BCUT2D eigenvalue weighted by Crippen LogP contribution is -2.03. The van der Waals surface area contributed by atoms with E-state index in [-0.39, 0.29) is 0 Å². The first-order chi connectivity index (χ1) is 8.67. The molecule has 1 N–H and O–H groups in total. The van der Waals surface area contributed by atoms with Gasteiger partial charge in [0.25, 0.3) is 0 Å². The fraction of sp³-hybridized carbons (Fsp3) is 0.357. The van der Waals surface area contributed by atoms with E-state index >= 15 is 0 Å². The average Bonchev–Trinajstić information content (AvgIpc) is 2.39. The molecule has 0 aliphatic rings. The molecule has 0 saturated heterocycles. The Morgan fingerprint density at radius 1 is 1.17 bits per heavy atom. The zero-order chi connectivity index (χ0) is 13.1. The molecule has 2 aromatic rings. The summed E-state index contributed by atoms with van der Waals surface area (Å²) in [5, 5.41) is 4.64. The Hall–Kier alpha value is -0.610. The van der Waals surface area contributed by atoms with Gasteiger partial charge in [0.05, 0.1) is 5.52 Å². The van der Waals surface area contributed by atoms with Crippen LogP contribution in [-0.2, 0) is 6.42 Å². The van der Waals surface area contributed by atoms with Crippen molar-refractivity contribution >= 4 is 48.5 Å². The molecule has 0 atom stereocenters. The fourth-order valence-corrected chi connectivity index (χ4v) is 2.85. The summed E-state index contributed by atoms with van der Waals surface area (Å²) in [4.78, 5) is 4.71. The van der Waals surface area contributed by atoms with Crippen molar-refractivity contribution in [3.8, 4) is 0 Å². The Kier molecular flexibility index (Phi) is 4.62. The third-order valence-electron chi connectivity index (χ3n) is 2.84. The zero-order valence-electron chi connectivity index (χ0n) is 10.6. The van der Waals surface area contributed by atoms with Crippen molar-refractivity contribution < 1.29 is 0 Å². The smallest absolute Gasteiger partial charge is 0.0879 e. The average molecular weight is 372 g/mol. The standard InChI is InChI=1S/C14H16Br2N2/c1-3-7-17-12-8-9(4-2)18-14-11(16)6-5-10(15)13(12)14/h5-6,8H,3-4,7H2,1-2H3,(H,17,18). The lowest BCUT2D eigenvalue weighted by Gasteiger charge is -2.13. The number of aryl methyl sites for hydroxylation is 1. The van der Waals surface area contributed by atoms with Crippen LogP contribution in [0.25, 0.3) is 10.9 Å². The number of hydrogen-bond donors (Lipinski definition) is 1. The number of halogens is 2. The number of nitrogens with one attached hydrogen (secondary N) is 1. The number of anilines is 1. The summed E-state index contributed by atoms with van der Waals surface area (Å²) < 4.78 is 2.12. The molecule has 1 aromatic carbocycles. The SMILES string of the molecule is CCCNc1cc(CC)nc2c(Br)ccc(Br)c12. The second-order valence-electron chi connectivity index (χ2n) is 4.19. The van der Waals surface area contributed by atoms with Crippen LogP contribution < -0.4 is 5.32 Å². The highest BCUT2D eigenvalue weighted by molar-refractivity contribution is 9.11. The van der Waals surface area contributed by atoms with Gasteiger partial charge in [-0.25, -0.2) is 0 Å². The van der Waals surface area contributed by atoms with Crippen LogP contribution in [0.1, 0.15) is 26.0 Å². The second kappa shape index (κ2) is 6.02. The summed E-state index contributed by atoms with van der Waals surface area (Å²) in [5.41, 5.74) is 3.29. The van der Waals surface area contributed by atoms with Gasteiger partial charge in [-0.2, -0.15) is 0 Å². The van der Waals surface area contributed by atoms with E-state index in [2.05, 4.69) is 63.2 Å². The van der Waals surface area contributed by atoms with Gasteiger partial charge in [-0.05, 0) is 47.0 Å². The van der Waals surface area contributed by atoms with Crippen molar-refractivity contribution in [3.05, 3.63) is 32.8 Å². The number of benzene rings is 1. The van der Waals surface area contributed by atoms with Crippen LogP contribution in [0.15, 0.2) is 27.1 Å². The van der Waals surface area contributed by atoms with E-state index in [0.717, 1.165) is 50.6 Å². The van der Waals surface area contributed by atoms with Crippen molar-refractivity contribution in [1.82, 2.24) is 4.98 Å². The minimum atomic E-state index is 0.940. The molecular weight excluding hydrogens is 356 g/mol. The minimum Gasteiger partial charge on any atom is -0.384 e. The van der Waals surface area contributed by atoms with Gasteiger partial charge in [-0.15, -0.1) is 0 Å². The van der Waals surface area contributed by atoms with E-state index in [4.69, 9.17) is 4.98 Å². The predicted molar refractivity (Wildman–Crippen MR) is 85.3 cm³/mol. The first-order valence-corrected chi connectivity index (χ1v) is 7.77. The van der Waals surface area contributed by atoms with Gasteiger partial charge in [-0.1, -0.05) is 29.8 Å². The summed E-state index contributed by atoms with van der Waals surface area (Å²) in [6, 6.07) is 6.23. The van der Waals surface area contributed by atoms with Gasteiger partial charge >= 0.3 is 0 Å². The van der Waals surface area contributed by atoms with Crippen molar-refractivity contribution in [2.24, 2.45) is 0 Å². The summed E-state index contributed by atoms with van der Waals surface area (Å²) in [7, 11) is 0. The zero-order valence-corrected chi connectivity index (χ0v) is 13.7. The van der Waals surface area contributed by atoms with Crippen LogP contribution in [0, 0.1) is 0 Å². The Balaban J connectivity index is 2.68. The molecule has 1 heterocycles. The Labute approximate surface area is 124 Å². The molecule has 2 nitrogen and oxygen atoms in total. The van der Waals surface area contributed by atoms with Gasteiger partial charge < -0.3 is 5.32 Å². The van der Waals surface area contributed by atoms with Crippen LogP contribution in [0.5, 0.6) is 0 Å². The Bertz CT molecular complexity index is 567. The monoisotopic (exact) mass is 370 g/mol. The molecule has 0 fully saturated rings. The number of pyridine rings is 1. The molecule has 4 heteroatoms. The molecule has 0 unspecified atom stereocenters. The molecular formula is C14H16Br2N2. The second-order valence-corrected chi connectivity index (χ2v) is 5.90. The van der Waals surface area contributed by atoms with Crippen LogP contribution in [0.2, 0.25) is 0 Å². The molecule has 0 saturated carbocycles. The van der Waals surface area contributed by atoms with Gasteiger partial charge in [0, 0.05) is 32.3 Å². The van der Waals surface area contributed by atoms with E-state index in [0.29, 0.717) is 0 Å². The molecule has 0 radical (unpaired) electrons. The highest BCUT2D eigenvalue weighted by Crippen LogP contribution is 2.34. The molecule has 2 rings (SSSR count). The van der Waals surface area contributed by atoms with E-state index in [1.165, 1.54) is 0 Å². The maximum Gasteiger partial charge on any atom is 0.0879 e. The van der Waals surface area contributed by atoms with Gasteiger partial charge in [0.1, 0.15) is 0 Å². The third-order valence-corrected chi connectivity index (χ3v) is 4.14. The summed E-state index contributed by atoms with van der Waals surface area (Å²) in [6.07, 6.45) is 2.05. The van der Waals surface area contributed by atoms with Crippen LogP contribution in [0.4, 0.5) is 5.69 Å². The van der Waals surface area contributed by atoms with Crippen molar-refractivity contribution in [3.63, 3.8) is 0 Å². The number of hydrogen-bond acceptors (Lipinski definition) is 2. The number of nitrogens with zero attached hydrogens (tertiary/aromatic N) is 1. The van der Waals surface area contributed by atoms with Crippen LogP contribution >= 0.6 is 31.9 Å². The topological polar surface area (TPSA) is 24.9 Å². The molecule has 0 spiro atoms. The molecule has 0 bridgehead atoms. The largest absolute Gasteiger partial charge is 0.384 e. The van der Waals surface area contributed by atoms with E-state index in [1.807, 2.05) is 6.07 Å². The summed E-state index contributed by atoms with van der Waals surface area (Å²) in [6.45, 7) is 5.27. The summed E-state index contributed by atoms with van der Waals surface area (Å²) in [5.74, 6) is 0. The molecule has 0 aliphatic carbocycles. The highest BCUT2D eigenvalue weighted by atomic mass is 79.9. The van der Waals surface area contributed by atoms with E-state index < -0.39 is 0 Å². The Morgan fingerprint density at radius 3 is 2.56 bits per heavy atom. The van der Waals surface area contributed by atoms with Crippen molar-refractivity contribution in [1.29, 1.82) is 0 Å². The van der Waals surface area contributed by atoms with Gasteiger partial charge in [-0.3, -0.25) is 4.98 Å². The Morgan fingerprint density at radius 2 is 1.89 bits per heavy atom. The molecule has 96 valence electrons. The number of fused-ring (bicyclic) bond motifs is 1. The molecule has 0 amide bonds. The number of rotatable bonds is 4. The first kappa shape index (κ1) is 13.8. The lowest BCUT2D eigenvalue weighted by molar-refractivity contribution is 0.977. The molecule has 1 aromatic heterocycles. The maximum absolute atomic E-state index is 4.71. The van der Waals surface area contributed by atoms with Crippen molar-refractivity contribution in [2.75, 3.05) is 11.9 Å². The third kappa shape index (κ3) is 2.69. The fourth-order valence-electron chi connectivity index (χ4n) is 1.90. The normalized spacial score (nSPS) is 10.9. The molecule has 18 heavy (non-hydrogen) atoms. The van der Waals surface area contributed by atoms with Crippen LogP contribution in [-0.4, -0.2) is 11.5 Å².